The van der Waals surface area contributed by atoms with E-state index in [1.54, 1.807) is 0 Å². The minimum absolute atomic E-state index is 0.0408. The van der Waals surface area contributed by atoms with Gasteiger partial charge in [-0.15, -0.1) is 0 Å². The number of hydrogen-bond acceptors (Lipinski definition) is 4. The van der Waals surface area contributed by atoms with Crippen molar-refractivity contribution in [2.45, 2.75) is 23.6 Å². The maximum Gasteiger partial charge on any atom is 0.240 e. The van der Waals surface area contributed by atoms with Crippen LogP contribution < -0.4 is 5.32 Å². The van der Waals surface area contributed by atoms with Gasteiger partial charge < -0.3 is 5.32 Å². The van der Waals surface area contributed by atoms with Gasteiger partial charge in [-0.25, -0.2) is 9.97 Å². The summed E-state index contributed by atoms with van der Waals surface area (Å²) in [4.78, 5) is 19.4. The molecule has 6 heteroatoms. The third-order valence-electron chi connectivity index (χ3n) is 1.87. The van der Waals surface area contributed by atoms with Crippen molar-refractivity contribution >= 4 is 35.0 Å². The molecule has 14 heavy (non-hydrogen) atoms. The van der Waals surface area contributed by atoms with Crippen LogP contribution in [0.1, 0.15) is 13.8 Å². The summed E-state index contributed by atoms with van der Waals surface area (Å²) in [5.41, 5.74) is 0.628. The number of fused-ring (bicyclic) bond motifs is 1. The minimum Gasteiger partial charge on any atom is -0.321 e. The SMILES string of the molecule is CC1(C)Sc2nc(Cl)ncc2NC1=O. The summed E-state index contributed by atoms with van der Waals surface area (Å²) >= 11 is 7.05. The van der Waals surface area contributed by atoms with E-state index in [1.807, 2.05) is 13.8 Å². The first-order chi connectivity index (χ1) is 6.49. The van der Waals surface area contributed by atoms with Crippen LogP contribution in [0.25, 0.3) is 0 Å². The van der Waals surface area contributed by atoms with Crippen molar-refractivity contribution in [3.8, 4) is 0 Å². The highest BCUT2D eigenvalue weighted by atomic mass is 35.5. The van der Waals surface area contributed by atoms with Crippen LogP contribution in [0.15, 0.2) is 11.2 Å². The molecule has 1 amide bonds. The van der Waals surface area contributed by atoms with Gasteiger partial charge in [-0.2, -0.15) is 0 Å². The topological polar surface area (TPSA) is 54.9 Å². The molecule has 0 fully saturated rings. The van der Waals surface area contributed by atoms with Crippen LogP contribution in [0.4, 0.5) is 5.69 Å². The molecule has 0 aromatic carbocycles. The molecule has 0 bridgehead atoms. The number of carbonyl (C=O) groups excluding carboxylic acids is 1. The lowest BCUT2D eigenvalue weighted by Crippen LogP contribution is -2.37. The van der Waals surface area contributed by atoms with Gasteiger partial charge in [0.1, 0.15) is 5.03 Å². The Bertz CT molecular complexity index is 408. The number of nitrogens with one attached hydrogen (secondary N) is 1. The normalized spacial score (nSPS) is 18.6. The number of carbonyl (C=O) groups is 1. The van der Waals surface area contributed by atoms with E-state index < -0.39 is 4.75 Å². The summed E-state index contributed by atoms with van der Waals surface area (Å²) in [7, 11) is 0. The van der Waals surface area contributed by atoms with E-state index in [4.69, 9.17) is 11.6 Å². The predicted octanol–water partition coefficient (Wildman–Crippen LogP) is 1.95. The highest BCUT2D eigenvalue weighted by Crippen LogP contribution is 2.40. The summed E-state index contributed by atoms with van der Waals surface area (Å²) in [5, 5.41) is 3.65. The van der Waals surface area contributed by atoms with Gasteiger partial charge in [-0.3, -0.25) is 4.79 Å². The van der Waals surface area contributed by atoms with E-state index in [2.05, 4.69) is 15.3 Å². The number of anilines is 1. The third-order valence-corrected chi connectivity index (χ3v) is 3.25. The number of halogens is 1. The molecule has 1 aliphatic heterocycles. The smallest absolute Gasteiger partial charge is 0.240 e. The molecule has 0 spiro atoms. The van der Waals surface area contributed by atoms with Crippen LogP contribution in [0.5, 0.6) is 0 Å². The number of thioether (sulfide) groups is 1. The van der Waals surface area contributed by atoms with Gasteiger partial charge in [-0.1, -0.05) is 11.8 Å². The monoisotopic (exact) mass is 229 g/mol. The van der Waals surface area contributed by atoms with E-state index in [-0.39, 0.29) is 11.2 Å². The van der Waals surface area contributed by atoms with E-state index in [1.165, 1.54) is 18.0 Å². The summed E-state index contributed by atoms with van der Waals surface area (Å²) in [6, 6.07) is 0. The lowest BCUT2D eigenvalue weighted by atomic mass is 10.2. The molecule has 1 aromatic heterocycles. The van der Waals surface area contributed by atoms with Crippen LogP contribution in [0, 0.1) is 0 Å². The van der Waals surface area contributed by atoms with Gasteiger partial charge in [0.05, 0.1) is 16.6 Å². The van der Waals surface area contributed by atoms with Gasteiger partial charge in [0, 0.05) is 0 Å². The van der Waals surface area contributed by atoms with E-state index in [0.29, 0.717) is 5.69 Å². The summed E-state index contributed by atoms with van der Waals surface area (Å²) in [6.07, 6.45) is 1.52. The van der Waals surface area contributed by atoms with Gasteiger partial charge in [0.2, 0.25) is 11.2 Å². The Kier molecular flexibility index (Phi) is 2.16. The fourth-order valence-electron chi connectivity index (χ4n) is 1.07. The predicted molar refractivity (Wildman–Crippen MR) is 55.6 cm³/mol. The number of rotatable bonds is 0. The van der Waals surface area contributed by atoms with Crippen LogP contribution in [-0.4, -0.2) is 20.6 Å². The molecular weight excluding hydrogens is 222 g/mol. The maximum atomic E-state index is 11.5. The Morgan fingerprint density at radius 2 is 2.29 bits per heavy atom. The molecular formula is C8H8ClN3OS. The van der Waals surface area contributed by atoms with Crippen LogP contribution >= 0.6 is 23.4 Å². The molecule has 2 rings (SSSR count). The van der Waals surface area contributed by atoms with Gasteiger partial charge in [-0.05, 0) is 25.4 Å². The van der Waals surface area contributed by atoms with Crippen molar-refractivity contribution in [1.29, 1.82) is 0 Å². The highest BCUT2D eigenvalue weighted by Gasteiger charge is 2.35. The number of nitrogens with zero attached hydrogens (tertiary/aromatic N) is 2. The zero-order chi connectivity index (χ0) is 10.3. The first-order valence-corrected chi connectivity index (χ1v) is 5.21. The molecule has 0 saturated carbocycles. The Balaban J connectivity index is 2.46. The molecule has 0 unspecified atom stereocenters. The van der Waals surface area contributed by atoms with Crippen molar-refractivity contribution in [2.24, 2.45) is 0 Å². The van der Waals surface area contributed by atoms with Crippen molar-refractivity contribution in [3.05, 3.63) is 11.5 Å². The molecule has 74 valence electrons. The van der Waals surface area contributed by atoms with Crippen molar-refractivity contribution in [1.82, 2.24) is 9.97 Å². The zero-order valence-corrected chi connectivity index (χ0v) is 9.24. The van der Waals surface area contributed by atoms with Crippen LogP contribution in [-0.2, 0) is 4.79 Å². The molecule has 1 N–H and O–H groups in total. The Labute approximate surface area is 90.5 Å². The van der Waals surface area contributed by atoms with Crippen LogP contribution in [0.3, 0.4) is 0 Å². The zero-order valence-electron chi connectivity index (χ0n) is 7.67. The first-order valence-electron chi connectivity index (χ1n) is 4.02. The van der Waals surface area contributed by atoms with Gasteiger partial charge >= 0.3 is 0 Å². The number of hydrogen-bond donors (Lipinski definition) is 1. The fraction of sp³-hybridized carbons (Fsp3) is 0.375. The number of aromatic nitrogens is 2. The Morgan fingerprint density at radius 1 is 1.57 bits per heavy atom. The summed E-state index contributed by atoms with van der Waals surface area (Å²) in [6.45, 7) is 3.68. The summed E-state index contributed by atoms with van der Waals surface area (Å²) in [5.74, 6) is -0.0408. The minimum atomic E-state index is -0.509. The number of amides is 1. The molecule has 4 nitrogen and oxygen atoms in total. The Morgan fingerprint density at radius 3 is 3.00 bits per heavy atom. The lowest BCUT2D eigenvalue weighted by molar-refractivity contribution is -0.117. The van der Waals surface area contributed by atoms with Crippen molar-refractivity contribution < 1.29 is 4.79 Å². The molecule has 1 aliphatic rings. The summed E-state index contributed by atoms with van der Waals surface area (Å²) < 4.78 is -0.509. The molecule has 1 aromatic rings. The van der Waals surface area contributed by atoms with Crippen molar-refractivity contribution in [2.75, 3.05) is 5.32 Å². The van der Waals surface area contributed by atoms with Gasteiger partial charge in [0.15, 0.2) is 0 Å². The molecule has 2 heterocycles. The molecule has 0 aliphatic carbocycles. The Hall–Kier alpha value is -0.810. The average Bonchev–Trinajstić information content (AvgIpc) is 2.07. The fourth-order valence-corrected chi connectivity index (χ4v) is 2.23. The van der Waals surface area contributed by atoms with E-state index in [9.17, 15) is 4.79 Å². The average molecular weight is 230 g/mol. The second-order valence-electron chi connectivity index (χ2n) is 3.42. The lowest BCUT2D eigenvalue weighted by Gasteiger charge is -2.28. The van der Waals surface area contributed by atoms with E-state index in [0.717, 1.165) is 5.03 Å². The third kappa shape index (κ3) is 1.57. The maximum absolute atomic E-state index is 11.5. The molecule has 0 saturated heterocycles. The highest BCUT2D eigenvalue weighted by molar-refractivity contribution is 8.01. The molecule has 0 atom stereocenters. The first kappa shape index (κ1) is 9.73. The van der Waals surface area contributed by atoms with E-state index >= 15 is 0 Å². The quantitative estimate of drug-likeness (QED) is 0.546. The van der Waals surface area contributed by atoms with Crippen LogP contribution in [0.2, 0.25) is 5.28 Å². The standard InChI is InChI=1S/C8H8ClN3OS/c1-8(2)6(13)11-4-3-10-7(9)12-5(4)14-8/h3H,1-2H3,(H,11,13). The van der Waals surface area contributed by atoms with Gasteiger partial charge in [0.25, 0.3) is 0 Å². The second-order valence-corrected chi connectivity index (χ2v) is 5.37. The second kappa shape index (κ2) is 3.10. The molecule has 0 radical (unpaired) electrons. The largest absolute Gasteiger partial charge is 0.321 e. The van der Waals surface area contributed by atoms with Crippen molar-refractivity contribution in [3.63, 3.8) is 0 Å².